The molecule has 270 valence electrons. The second-order valence-electron chi connectivity index (χ2n) is 13.4. The van der Waals surface area contributed by atoms with Crippen LogP contribution in [0.15, 0.2) is 90.1 Å². The Labute approximate surface area is 301 Å². The minimum Gasteiger partial charge on any atom is -0.465 e. The van der Waals surface area contributed by atoms with E-state index in [0.29, 0.717) is 41.4 Å². The van der Waals surface area contributed by atoms with Crippen molar-refractivity contribution in [2.24, 2.45) is 5.41 Å². The second kappa shape index (κ2) is 15.0. The highest BCUT2D eigenvalue weighted by molar-refractivity contribution is 7.96. The molecule has 3 aromatic carbocycles. The number of sulfone groups is 1. The number of ether oxygens (including phenoxy) is 3. The van der Waals surface area contributed by atoms with E-state index in [9.17, 15) is 18.0 Å². The molecule has 52 heavy (non-hydrogen) atoms. The number of aromatic amines is 1. The van der Waals surface area contributed by atoms with E-state index in [1.54, 1.807) is 43.5 Å². The Balaban J connectivity index is 1.48. The summed E-state index contributed by atoms with van der Waals surface area (Å²) in [6, 6.07) is 19.4. The van der Waals surface area contributed by atoms with Gasteiger partial charge in [-0.15, -0.1) is 0 Å². The predicted molar refractivity (Wildman–Crippen MR) is 198 cm³/mol. The van der Waals surface area contributed by atoms with Crippen LogP contribution >= 0.6 is 0 Å². The van der Waals surface area contributed by atoms with Gasteiger partial charge in [0.25, 0.3) is 0 Å². The molecule has 4 bridgehead atoms. The summed E-state index contributed by atoms with van der Waals surface area (Å²) in [4.78, 5) is 27.5. The average Bonchev–Trinajstić information content (AvgIpc) is 3.79. The normalized spacial score (nSPS) is 18.3. The first-order chi connectivity index (χ1) is 24.9. The molecule has 0 aliphatic carbocycles. The van der Waals surface area contributed by atoms with Crippen molar-refractivity contribution >= 4 is 44.8 Å². The van der Waals surface area contributed by atoms with E-state index in [4.69, 9.17) is 19.3 Å². The summed E-state index contributed by atoms with van der Waals surface area (Å²) in [7, 11) is -3.16. The average molecular weight is 726 g/mol. The number of nitrogens with one attached hydrogen (secondary N) is 1. The Hall–Kier alpha value is -5.49. The molecule has 1 N–H and O–H groups in total. The van der Waals surface area contributed by atoms with Crippen LogP contribution in [0, 0.1) is 11.2 Å². The zero-order valence-electron chi connectivity index (χ0n) is 29.4. The summed E-state index contributed by atoms with van der Waals surface area (Å²) in [6.45, 7) is 5.71. The molecule has 0 amide bonds. The molecule has 2 aromatic heterocycles. The van der Waals surface area contributed by atoms with Gasteiger partial charge in [0.05, 0.1) is 31.2 Å². The number of carbonyl (C=O) groups is 2. The molecular formula is C40H40FN3O7S. The fourth-order valence-electron chi connectivity index (χ4n) is 6.55. The first-order valence-corrected chi connectivity index (χ1v) is 18.6. The van der Waals surface area contributed by atoms with Crippen molar-refractivity contribution in [3.63, 3.8) is 0 Å². The molecule has 3 heterocycles. The molecule has 0 radical (unpaired) electrons. The molecule has 1 aliphatic heterocycles. The monoisotopic (exact) mass is 725 g/mol. The van der Waals surface area contributed by atoms with Crippen molar-refractivity contribution < 1.29 is 36.6 Å². The molecule has 0 fully saturated rings. The highest BCUT2D eigenvalue weighted by Crippen LogP contribution is 2.39. The summed E-state index contributed by atoms with van der Waals surface area (Å²) < 4.78 is 62.1. The quantitative estimate of drug-likeness (QED) is 0.142. The number of methoxy groups -OCH3 is 1. The van der Waals surface area contributed by atoms with Gasteiger partial charge in [-0.25, -0.2) is 22.4 Å². The van der Waals surface area contributed by atoms with Crippen molar-refractivity contribution in [1.29, 1.82) is 0 Å². The van der Waals surface area contributed by atoms with Gasteiger partial charge in [0.2, 0.25) is 0 Å². The van der Waals surface area contributed by atoms with Gasteiger partial charge in [0, 0.05) is 46.6 Å². The molecular weight excluding hydrogens is 686 g/mol. The third kappa shape index (κ3) is 8.02. The Morgan fingerprint density at radius 1 is 1.12 bits per heavy atom. The lowest BCUT2D eigenvalue weighted by Crippen LogP contribution is -2.28. The number of carbonyl (C=O) groups excluding carboxylic acids is 2. The standard InChI is InChI=1S/C40H40FN3O7S/c1-5-50-37(45)15-14-26-9-6-11-28(21-26)35-13-8-18-40(2,3)25-52(47,48)36(39(46)49-4)23-31-30-16-19-42-34(30)24-32(41)38(31)51-29-12-7-10-27(22-29)33-17-20-44(35)43-33/h6-7,9-12,14-17,19-24,35,42H,5,8,13,18,25H2,1-4H3/b15-14+,36-23-. The fraction of sp³-hybridized carbons (Fsp3) is 0.275. The zero-order chi connectivity index (χ0) is 37.0. The number of rotatable bonds is 5. The van der Waals surface area contributed by atoms with E-state index < -0.39 is 37.9 Å². The summed E-state index contributed by atoms with van der Waals surface area (Å²) in [5.74, 6) is -2.58. The molecule has 6 rings (SSSR count). The van der Waals surface area contributed by atoms with Gasteiger partial charge < -0.3 is 19.2 Å². The Morgan fingerprint density at radius 2 is 1.92 bits per heavy atom. The van der Waals surface area contributed by atoms with Crippen LogP contribution in [0.3, 0.4) is 0 Å². The maximum atomic E-state index is 15.9. The van der Waals surface area contributed by atoms with Gasteiger partial charge in [-0.1, -0.05) is 50.6 Å². The van der Waals surface area contributed by atoms with Crippen LogP contribution in [0.2, 0.25) is 0 Å². The number of hydrogen-bond donors (Lipinski definition) is 1. The first kappa shape index (κ1) is 36.3. The number of benzene rings is 3. The Bertz CT molecular complexity index is 2300. The molecule has 1 unspecified atom stereocenters. The maximum absolute atomic E-state index is 15.9. The molecule has 0 spiro atoms. The zero-order valence-corrected chi connectivity index (χ0v) is 30.2. The number of aromatic nitrogens is 3. The van der Waals surface area contributed by atoms with E-state index in [0.717, 1.165) is 24.3 Å². The van der Waals surface area contributed by atoms with Gasteiger partial charge >= 0.3 is 11.9 Å². The van der Waals surface area contributed by atoms with Gasteiger partial charge in [-0.05, 0) is 78.8 Å². The molecule has 1 aliphatic rings. The van der Waals surface area contributed by atoms with Crippen molar-refractivity contribution in [2.75, 3.05) is 19.5 Å². The highest BCUT2D eigenvalue weighted by atomic mass is 32.2. The number of fused-ring (bicyclic) bond motifs is 8. The van der Waals surface area contributed by atoms with Crippen LogP contribution in [-0.2, 0) is 28.9 Å². The lowest BCUT2D eigenvalue weighted by atomic mass is 9.87. The number of H-pyrrole nitrogens is 1. The number of nitrogens with zero attached hydrogens (tertiary/aromatic N) is 2. The second-order valence-corrected chi connectivity index (χ2v) is 15.4. The van der Waals surface area contributed by atoms with Crippen LogP contribution in [0.5, 0.6) is 11.5 Å². The van der Waals surface area contributed by atoms with Crippen molar-refractivity contribution in [2.45, 2.75) is 46.1 Å². The van der Waals surface area contributed by atoms with Crippen molar-refractivity contribution in [3.05, 3.63) is 113 Å². The Kier molecular flexibility index (Phi) is 10.5. The van der Waals surface area contributed by atoms with E-state index >= 15 is 4.39 Å². The molecule has 12 heteroatoms. The number of hydrogen-bond acceptors (Lipinski definition) is 8. The fourth-order valence-corrected chi connectivity index (χ4v) is 8.51. The number of esters is 2. The third-order valence-corrected chi connectivity index (χ3v) is 11.1. The molecule has 1 atom stereocenters. The topological polar surface area (TPSA) is 130 Å². The van der Waals surface area contributed by atoms with Crippen LogP contribution in [0.25, 0.3) is 34.3 Å². The van der Waals surface area contributed by atoms with Gasteiger partial charge in [-0.3, -0.25) is 4.68 Å². The lowest BCUT2D eigenvalue weighted by molar-refractivity contribution is -0.137. The molecule has 5 aromatic rings. The van der Waals surface area contributed by atoms with E-state index in [1.165, 1.54) is 12.1 Å². The van der Waals surface area contributed by atoms with Crippen LogP contribution < -0.4 is 4.74 Å². The minimum absolute atomic E-state index is 0.0796. The molecule has 0 saturated carbocycles. The summed E-state index contributed by atoms with van der Waals surface area (Å²) in [5, 5.41) is 5.42. The number of halogens is 1. The summed E-state index contributed by atoms with van der Waals surface area (Å²) in [6.07, 6.45) is 9.44. The molecule has 10 nitrogen and oxygen atoms in total. The molecule has 0 saturated heterocycles. The third-order valence-electron chi connectivity index (χ3n) is 8.98. The lowest BCUT2D eigenvalue weighted by Gasteiger charge is -2.26. The van der Waals surface area contributed by atoms with E-state index in [-0.39, 0.29) is 35.5 Å². The van der Waals surface area contributed by atoms with Crippen LogP contribution in [-0.4, -0.2) is 54.6 Å². The minimum atomic E-state index is -4.27. The van der Waals surface area contributed by atoms with Crippen molar-refractivity contribution in [3.8, 4) is 22.8 Å². The maximum Gasteiger partial charge on any atom is 0.349 e. The van der Waals surface area contributed by atoms with E-state index in [1.807, 2.05) is 61.1 Å². The van der Waals surface area contributed by atoms with Crippen molar-refractivity contribution in [1.82, 2.24) is 14.8 Å². The largest absolute Gasteiger partial charge is 0.465 e. The summed E-state index contributed by atoms with van der Waals surface area (Å²) in [5.41, 5.74) is 2.82. The van der Waals surface area contributed by atoms with Crippen LogP contribution in [0.4, 0.5) is 4.39 Å². The first-order valence-electron chi connectivity index (χ1n) is 17.0. The van der Waals surface area contributed by atoms with Gasteiger partial charge in [0.1, 0.15) is 5.75 Å². The highest BCUT2D eigenvalue weighted by Gasteiger charge is 2.34. The van der Waals surface area contributed by atoms with Gasteiger partial charge in [-0.2, -0.15) is 5.10 Å². The predicted octanol–water partition coefficient (Wildman–Crippen LogP) is 8.27. The van der Waals surface area contributed by atoms with Gasteiger partial charge in [0.15, 0.2) is 26.3 Å². The Morgan fingerprint density at radius 3 is 2.71 bits per heavy atom. The van der Waals surface area contributed by atoms with Crippen LogP contribution in [0.1, 0.15) is 62.8 Å². The smallest absolute Gasteiger partial charge is 0.349 e. The summed E-state index contributed by atoms with van der Waals surface area (Å²) >= 11 is 0. The SMILES string of the molecule is CCOC(=O)/C=C/c1cccc(C2CCCC(C)(C)CS(=O)(=O)/C(C(=O)OC)=C\c3c(c(F)cc4[nH]ccc34)Oc3cccc(c3)-c3ccn2n3)c1. The van der Waals surface area contributed by atoms with E-state index in [2.05, 4.69) is 4.98 Å².